The second-order valence-electron chi connectivity index (χ2n) is 2.82. The number of rotatable bonds is 2. The van der Waals surface area contributed by atoms with Crippen LogP contribution in [0.1, 0.15) is 13.8 Å². The number of hydrogen-bond donors (Lipinski definition) is 1. The minimum atomic E-state index is -1.13. The van der Waals surface area contributed by atoms with Crippen molar-refractivity contribution in [2.75, 3.05) is 0 Å². The van der Waals surface area contributed by atoms with E-state index in [2.05, 4.69) is 4.74 Å². The zero-order valence-electron chi connectivity index (χ0n) is 7.66. The van der Waals surface area contributed by atoms with Crippen LogP contribution in [0.15, 0.2) is 22.8 Å². The first-order valence-corrected chi connectivity index (χ1v) is 3.82. The molecule has 0 unspecified atom stereocenters. The Hall–Kier alpha value is -1.91. The highest BCUT2D eigenvalue weighted by molar-refractivity contribution is 6.12. The zero-order chi connectivity index (χ0) is 10.9. The van der Waals surface area contributed by atoms with Gasteiger partial charge in [0.1, 0.15) is 0 Å². The van der Waals surface area contributed by atoms with E-state index in [0.717, 1.165) is 6.08 Å². The highest BCUT2D eigenvalue weighted by atomic mass is 16.6. The second kappa shape index (κ2) is 3.45. The summed E-state index contributed by atoms with van der Waals surface area (Å²) in [6.45, 7) is 2.81. The van der Waals surface area contributed by atoms with Crippen LogP contribution in [0.3, 0.4) is 0 Å². The Kier molecular flexibility index (Phi) is 2.51. The number of esters is 2. The van der Waals surface area contributed by atoms with Gasteiger partial charge in [-0.3, -0.25) is 0 Å². The normalized spacial score (nSPS) is 17.4. The molecule has 0 bridgehead atoms. The van der Waals surface area contributed by atoms with Crippen molar-refractivity contribution >= 4 is 17.9 Å². The fourth-order valence-corrected chi connectivity index (χ4v) is 0.976. The van der Waals surface area contributed by atoms with Crippen molar-refractivity contribution in [1.29, 1.82) is 0 Å². The van der Waals surface area contributed by atoms with Crippen molar-refractivity contribution in [2.45, 2.75) is 13.8 Å². The third-order valence-corrected chi connectivity index (χ3v) is 1.96. The molecule has 0 atom stereocenters. The molecule has 74 valence electrons. The third kappa shape index (κ3) is 1.71. The van der Waals surface area contributed by atoms with Crippen molar-refractivity contribution in [3.63, 3.8) is 0 Å². The van der Waals surface area contributed by atoms with Crippen molar-refractivity contribution < 1.29 is 24.2 Å². The molecule has 0 aliphatic carbocycles. The van der Waals surface area contributed by atoms with Crippen LogP contribution in [0, 0.1) is 0 Å². The minimum Gasteiger partial charge on any atom is -0.478 e. The number of carbonyl (C=O) groups is 3. The average molecular weight is 196 g/mol. The lowest BCUT2D eigenvalue weighted by Crippen LogP contribution is -2.06. The molecule has 5 heteroatoms. The summed E-state index contributed by atoms with van der Waals surface area (Å²) < 4.78 is 4.23. The summed E-state index contributed by atoms with van der Waals surface area (Å²) in [5, 5.41) is 8.64. The van der Waals surface area contributed by atoms with Crippen LogP contribution in [0.25, 0.3) is 0 Å². The van der Waals surface area contributed by atoms with E-state index in [1.54, 1.807) is 0 Å². The van der Waals surface area contributed by atoms with Gasteiger partial charge in [-0.15, -0.1) is 0 Å². The van der Waals surface area contributed by atoms with Crippen LogP contribution in [0.2, 0.25) is 0 Å². The molecule has 0 saturated heterocycles. The lowest BCUT2D eigenvalue weighted by Gasteiger charge is -2.01. The number of hydrogen-bond acceptors (Lipinski definition) is 4. The van der Waals surface area contributed by atoms with Crippen LogP contribution in [0.4, 0.5) is 0 Å². The van der Waals surface area contributed by atoms with Crippen molar-refractivity contribution in [3.05, 3.63) is 22.8 Å². The molecule has 1 aliphatic heterocycles. The van der Waals surface area contributed by atoms with Gasteiger partial charge in [-0.1, -0.05) is 0 Å². The SMILES string of the molecule is CC(C(=O)O)=C(C)C1=CC(=O)OC1=O. The molecule has 0 saturated carbocycles. The van der Waals surface area contributed by atoms with Crippen LogP contribution < -0.4 is 0 Å². The molecule has 1 N–H and O–H groups in total. The Bertz CT molecular complexity index is 386. The topological polar surface area (TPSA) is 80.7 Å². The van der Waals surface area contributed by atoms with Gasteiger partial charge in [0.15, 0.2) is 0 Å². The molecule has 0 radical (unpaired) electrons. The number of ether oxygens (including phenoxy) is 1. The summed E-state index contributed by atoms with van der Waals surface area (Å²) >= 11 is 0. The van der Waals surface area contributed by atoms with Crippen LogP contribution >= 0.6 is 0 Å². The summed E-state index contributed by atoms with van der Waals surface area (Å²) in [7, 11) is 0. The van der Waals surface area contributed by atoms with E-state index < -0.39 is 17.9 Å². The largest absolute Gasteiger partial charge is 0.478 e. The molecule has 1 aliphatic rings. The molecule has 1 rings (SSSR count). The molecule has 0 aromatic heterocycles. The Balaban J connectivity index is 3.13. The third-order valence-electron chi connectivity index (χ3n) is 1.96. The van der Waals surface area contributed by atoms with Gasteiger partial charge in [0, 0.05) is 11.6 Å². The molecule has 1 heterocycles. The molecule has 0 aromatic carbocycles. The number of cyclic esters (lactones) is 2. The van der Waals surface area contributed by atoms with Crippen molar-refractivity contribution in [1.82, 2.24) is 0 Å². The number of carboxylic acids is 1. The van der Waals surface area contributed by atoms with Gasteiger partial charge in [0.25, 0.3) is 0 Å². The van der Waals surface area contributed by atoms with Gasteiger partial charge in [-0.05, 0) is 19.4 Å². The molecule has 0 spiro atoms. The summed E-state index contributed by atoms with van der Waals surface area (Å²) in [5.74, 6) is -2.69. The summed E-state index contributed by atoms with van der Waals surface area (Å²) in [4.78, 5) is 32.2. The first-order chi connectivity index (χ1) is 6.43. The number of carbonyl (C=O) groups excluding carboxylic acids is 2. The van der Waals surface area contributed by atoms with Crippen LogP contribution in [-0.4, -0.2) is 23.0 Å². The van der Waals surface area contributed by atoms with E-state index in [0.29, 0.717) is 0 Å². The number of carboxylic acid groups (broad SMARTS) is 1. The van der Waals surface area contributed by atoms with Gasteiger partial charge < -0.3 is 9.84 Å². The van der Waals surface area contributed by atoms with Gasteiger partial charge in [0.2, 0.25) is 0 Å². The van der Waals surface area contributed by atoms with E-state index in [1.807, 2.05) is 0 Å². The molecule has 5 nitrogen and oxygen atoms in total. The van der Waals surface area contributed by atoms with Gasteiger partial charge >= 0.3 is 17.9 Å². The number of aliphatic carboxylic acids is 1. The quantitative estimate of drug-likeness (QED) is 0.393. The molecule has 0 amide bonds. The maximum atomic E-state index is 11.0. The molecular weight excluding hydrogens is 188 g/mol. The Morgan fingerprint density at radius 1 is 1.36 bits per heavy atom. The molecule has 0 fully saturated rings. The predicted octanol–water partition coefficient (Wildman–Crippen LogP) is 0.417. The maximum Gasteiger partial charge on any atom is 0.346 e. The van der Waals surface area contributed by atoms with Gasteiger partial charge in [-0.2, -0.15) is 0 Å². The van der Waals surface area contributed by atoms with Crippen LogP contribution in [0.5, 0.6) is 0 Å². The monoisotopic (exact) mass is 196 g/mol. The smallest absolute Gasteiger partial charge is 0.346 e. The highest BCUT2D eigenvalue weighted by Gasteiger charge is 2.26. The Labute approximate surface area is 79.7 Å². The lowest BCUT2D eigenvalue weighted by atomic mass is 10.0. The van der Waals surface area contributed by atoms with Crippen molar-refractivity contribution in [2.24, 2.45) is 0 Å². The van der Waals surface area contributed by atoms with E-state index in [4.69, 9.17) is 5.11 Å². The van der Waals surface area contributed by atoms with Gasteiger partial charge in [-0.25, -0.2) is 14.4 Å². The van der Waals surface area contributed by atoms with E-state index >= 15 is 0 Å². The fraction of sp³-hybridized carbons (Fsp3) is 0.222. The predicted molar refractivity (Wildman–Crippen MR) is 45.2 cm³/mol. The summed E-state index contributed by atoms with van der Waals surface area (Å²) in [6, 6.07) is 0. The maximum absolute atomic E-state index is 11.0. The molecule has 14 heavy (non-hydrogen) atoms. The average Bonchev–Trinajstić information content (AvgIpc) is 2.42. The Morgan fingerprint density at radius 3 is 2.29 bits per heavy atom. The first kappa shape index (κ1) is 10.2. The lowest BCUT2D eigenvalue weighted by molar-refractivity contribution is -0.150. The highest BCUT2D eigenvalue weighted by Crippen LogP contribution is 2.20. The second-order valence-corrected chi connectivity index (χ2v) is 2.82. The zero-order valence-corrected chi connectivity index (χ0v) is 7.66. The molecule has 0 aromatic rings. The summed E-state index contributed by atoms with van der Waals surface area (Å²) in [5.41, 5.74) is 0.270. The van der Waals surface area contributed by atoms with E-state index in [1.165, 1.54) is 13.8 Å². The molecular formula is C9H8O5. The standard InChI is InChI=1S/C9H8O5/c1-4(5(2)8(11)12)6-3-7(10)14-9(6)13/h3H,1-2H3,(H,11,12). The Morgan fingerprint density at radius 2 is 1.93 bits per heavy atom. The summed E-state index contributed by atoms with van der Waals surface area (Å²) in [6.07, 6.45) is 0.990. The van der Waals surface area contributed by atoms with E-state index in [9.17, 15) is 14.4 Å². The van der Waals surface area contributed by atoms with Gasteiger partial charge in [0.05, 0.1) is 5.57 Å². The first-order valence-electron chi connectivity index (χ1n) is 3.82. The fourth-order valence-electron chi connectivity index (χ4n) is 0.976. The minimum absolute atomic E-state index is 0.00917. The van der Waals surface area contributed by atoms with Crippen LogP contribution in [-0.2, 0) is 19.1 Å². The van der Waals surface area contributed by atoms with Crippen molar-refractivity contribution in [3.8, 4) is 0 Å². The van der Waals surface area contributed by atoms with E-state index in [-0.39, 0.29) is 16.7 Å².